The number of hydrogen-bond acceptors (Lipinski definition) is 4. The van der Waals surface area contributed by atoms with Gasteiger partial charge in [-0.1, -0.05) is 25.1 Å². The van der Waals surface area contributed by atoms with E-state index in [2.05, 4.69) is 29.2 Å². The molecule has 3 rings (SSSR count). The summed E-state index contributed by atoms with van der Waals surface area (Å²) in [6.07, 6.45) is 2.67. The Morgan fingerprint density at radius 2 is 2.20 bits per heavy atom. The summed E-state index contributed by atoms with van der Waals surface area (Å²) in [7, 11) is 2.12. The van der Waals surface area contributed by atoms with Gasteiger partial charge in [0.1, 0.15) is 6.26 Å². The number of rotatable bonds is 6. The fourth-order valence-corrected chi connectivity index (χ4v) is 3.12. The van der Waals surface area contributed by atoms with Crippen molar-refractivity contribution in [2.75, 3.05) is 33.2 Å². The highest BCUT2D eigenvalue weighted by molar-refractivity contribution is 5.74. The van der Waals surface area contributed by atoms with Gasteiger partial charge in [-0.3, -0.25) is 0 Å². The van der Waals surface area contributed by atoms with Gasteiger partial charge in [0, 0.05) is 25.2 Å². The average molecular weight is 342 g/mol. The summed E-state index contributed by atoms with van der Waals surface area (Å²) in [5.74, 6) is 1.14. The van der Waals surface area contributed by atoms with Crippen molar-refractivity contribution in [2.45, 2.75) is 19.9 Å². The van der Waals surface area contributed by atoms with E-state index >= 15 is 0 Å². The first-order valence-electron chi connectivity index (χ1n) is 8.87. The Morgan fingerprint density at radius 3 is 2.96 bits per heavy atom. The molecule has 0 aliphatic carbocycles. The van der Waals surface area contributed by atoms with Crippen molar-refractivity contribution in [3.63, 3.8) is 0 Å². The van der Waals surface area contributed by atoms with Gasteiger partial charge >= 0.3 is 6.03 Å². The molecule has 1 aliphatic heterocycles. The molecule has 25 heavy (non-hydrogen) atoms. The predicted octanol–water partition coefficient (Wildman–Crippen LogP) is 2.82. The third-order valence-corrected chi connectivity index (χ3v) is 4.68. The first-order valence-corrected chi connectivity index (χ1v) is 8.87. The van der Waals surface area contributed by atoms with Crippen molar-refractivity contribution >= 4 is 6.03 Å². The molecule has 0 spiro atoms. The van der Waals surface area contributed by atoms with Crippen LogP contribution in [0.4, 0.5) is 4.79 Å². The second-order valence-corrected chi connectivity index (χ2v) is 6.62. The van der Waals surface area contributed by atoms with Gasteiger partial charge in [-0.25, -0.2) is 9.78 Å². The molecular formula is C19H26N4O2. The Kier molecular flexibility index (Phi) is 5.71. The molecule has 1 aromatic heterocycles. The van der Waals surface area contributed by atoms with Crippen LogP contribution in [0.1, 0.15) is 19.0 Å². The van der Waals surface area contributed by atoms with Crippen LogP contribution in [0, 0.1) is 5.92 Å². The third-order valence-electron chi connectivity index (χ3n) is 4.68. The second kappa shape index (κ2) is 8.16. The fraction of sp³-hybridized carbons (Fsp3) is 0.474. The number of carbonyl (C=O) groups excluding carboxylic acids is 1. The molecule has 0 bridgehead atoms. The fourth-order valence-electron chi connectivity index (χ4n) is 3.12. The maximum absolute atomic E-state index is 12.3. The summed E-state index contributed by atoms with van der Waals surface area (Å²) in [5.41, 5.74) is 1.66. The molecule has 6 nitrogen and oxygen atoms in total. The summed E-state index contributed by atoms with van der Waals surface area (Å²) < 4.78 is 5.50. The standard InChI is InChI=1S/C19H26N4O2/c1-3-22(2)12-15-9-10-23(13-15)19(24)20-11-17-14-25-18(21-17)16-7-5-4-6-8-16/h4-8,14-15H,3,9-13H2,1-2H3,(H,20,24)/t15-/m0/s1. The lowest BCUT2D eigenvalue weighted by Crippen LogP contribution is -2.38. The normalized spacial score (nSPS) is 17.2. The highest BCUT2D eigenvalue weighted by Gasteiger charge is 2.26. The lowest BCUT2D eigenvalue weighted by atomic mass is 10.1. The molecule has 1 fully saturated rings. The molecule has 2 aromatic rings. The van der Waals surface area contributed by atoms with Crippen LogP contribution in [0.25, 0.3) is 11.5 Å². The Balaban J connectivity index is 1.48. The van der Waals surface area contributed by atoms with Crippen LogP contribution in [-0.2, 0) is 6.54 Å². The molecule has 0 radical (unpaired) electrons. The van der Waals surface area contributed by atoms with Crippen molar-refractivity contribution in [1.29, 1.82) is 0 Å². The van der Waals surface area contributed by atoms with Gasteiger partial charge < -0.3 is 19.5 Å². The number of aromatic nitrogens is 1. The van der Waals surface area contributed by atoms with Gasteiger partial charge in [0.25, 0.3) is 0 Å². The molecule has 0 saturated carbocycles. The zero-order valence-electron chi connectivity index (χ0n) is 14.9. The lowest BCUT2D eigenvalue weighted by molar-refractivity contribution is 0.204. The minimum absolute atomic E-state index is 0.0223. The Morgan fingerprint density at radius 1 is 1.40 bits per heavy atom. The van der Waals surface area contributed by atoms with Crippen LogP contribution < -0.4 is 5.32 Å². The number of urea groups is 1. The second-order valence-electron chi connectivity index (χ2n) is 6.62. The Bertz CT molecular complexity index is 686. The smallest absolute Gasteiger partial charge is 0.317 e. The minimum atomic E-state index is -0.0223. The van der Waals surface area contributed by atoms with E-state index < -0.39 is 0 Å². The van der Waals surface area contributed by atoms with Crippen molar-refractivity contribution in [3.8, 4) is 11.5 Å². The molecule has 1 aliphatic rings. The number of likely N-dealkylation sites (tertiary alicyclic amines) is 1. The van der Waals surface area contributed by atoms with E-state index in [1.54, 1.807) is 6.26 Å². The number of hydrogen-bond donors (Lipinski definition) is 1. The van der Waals surface area contributed by atoms with Crippen molar-refractivity contribution in [2.24, 2.45) is 5.92 Å². The number of benzene rings is 1. The molecule has 0 unspecified atom stereocenters. The quantitative estimate of drug-likeness (QED) is 0.877. The molecule has 2 amide bonds. The summed E-state index contributed by atoms with van der Waals surface area (Å²) >= 11 is 0. The molecule has 2 heterocycles. The average Bonchev–Trinajstić information content (AvgIpc) is 3.30. The van der Waals surface area contributed by atoms with E-state index in [0.717, 1.165) is 43.9 Å². The Labute approximate surface area is 148 Å². The zero-order valence-corrected chi connectivity index (χ0v) is 14.9. The monoisotopic (exact) mass is 342 g/mol. The first kappa shape index (κ1) is 17.5. The predicted molar refractivity (Wildman–Crippen MR) is 97.0 cm³/mol. The van der Waals surface area contributed by atoms with Gasteiger partial charge in [0.2, 0.25) is 5.89 Å². The summed E-state index contributed by atoms with van der Waals surface area (Å²) in [4.78, 5) is 21.0. The molecule has 1 aromatic carbocycles. The van der Waals surface area contributed by atoms with Crippen LogP contribution in [0.2, 0.25) is 0 Å². The molecular weight excluding hydrogens is 316 g/mol. The van der Waals surface area contributed by atoms with Crippen molar-refractivity contribution < 1.29 is 9.21 Å². The number of nitrogens with zero attached hydrogens (tertiary/aromatic N) is 3. The number of nitrogens with one attached hydrogen (secondary N) is 1. The van der Waals surface area contributed by atoms with Crippen LogP contribution in [-0.4, -0.2) is 54.0 Å². The van der Waals surface area contributed by atoms with Crippen LogP contribution in [0.15, 0.2) is 41.0 Å². The highest BCUT2D eigenvalue weighted by Crippen LogP contribution is 2.19. The van der Waals surface area contributed by atoms with Gasteiger partial charge in [-0.15, -0.1) is 0 Å². The van der Waals surface area contributed by atoms with Crippen molar-refractivity contribution in [3.05, 3.63) is 42.3 Å². The van der Waals surface area contributed by atoms with Crippen LogP contribution in [0.3, 0.4) is 0 Å². The van der Waals surface area contributed by atoms with Gasteiger partial charge in [-0.2, -0.15) is 0 Å². The molecule has 134 valence electrons. The number of carbonyl (C=O) groups is 1. The lowest BCUT2D eigenvalue weighted by Gasteiger charge is -2.20. The first-order chi connectivity index (χ1) is 12.2. The van der Waals surface area contributed by atoms with E-state index in [0.29, 0.717) is 18.4 Å². The summed E-state index contributed by atoms with van der Waals surface area (Å²) in [6, 6.07) is 9.72. The molecule has 6 heteroatoms. The van der Waals surface area contributed by atoms with Crippen LogP contribution >= 0.6 is 0 Å². The van der Waals surface area contributed by atoms with E-state index in [9.17, 15) is 4.79 Å². The topological polar surface area (TPSA) is 61.6 Å². The largest absolute Gasteiger partial charge is 0.444 e. The maximum atomic E-state index is 12.3. The SMILES string of the molecule is CCN(C)C[C@@H]1CCN(C(=O)NCc2coc(-c3ccccc3)n2)C1. The number of amides is 2. The molecule has 1 saturated heterocycles. The van der Waals surface area contributed by atoms with E-state index in [4.69, 9.17) is 4.42 Å². The van der Waals surface area contributed by atoms with E-state index in [1.807, 2.05) is 35.2 Å². The summed E-state index contributed by atoms with van der Waals surface area (Å²) in [5, 5.41) is 2.94. The van der Waals surface area contributed by atoms with Gasteiger partial charge in [0.15, 0.2) is 0 Å². The van der Waals surface area contributed by atoms with Crippen LogP contribution in [0.5, 0.6) is 0 Å². The van der Waals surface area contributed by atoms with E-state index in [1.165, 1.54) is 0 Å². The molecule has 1 atom stereocenters. The molecule has 1 N–H and O–H groups in total. The minimum Gasteiger partial charge on any atom is -0.444 e. The third kappa shape index (κ3) is 4.60. The highest BCUT2D eigenvalue weighted by atomic mass is 16.3. The number of oxazole rings is 1. The van der Waals surface area contributed by atoms with E-state index in [-0.39, 0.29) is 6.03 Å². The Hall–Kier alpha value is -2.34. The van der Waals surface area contributed by atoms with Gasteiger partial charge in [0.05, 0.1) is 12.2 Å². The van der Waals surface area contributed by atoms with Crippen molar-refractivity contribution in [1.82, 2.24) is 20.1 Å². The van der Waals surface area contributed by atoms with Gasteiger partial charge in [-0.05, 0) is 38.1 Å². The maximum Gasteiger partial charge on any atom is 0.317 e. The summed E-state index contributed by atoms with van der Waals surface area (Å²) in [6.45, 7) is 6.27. The zero-order chi connectivity index (χ0) is 17.6.